The Bertz CT molecular complexity index is 1170. The van der Waals surface area contributed by atoms with E-state index in [-0.39, 0.29) is 28.6 Å². The molecule has 1 aromatic carbocycles. The number of hydrogen-bond donors (Lipinski definition) is 0. The number of anilines is 1. The molecule has 1 saturated heterocycles. The molecule has 0 spiro atoms. The fraction of sp³-hybridized carbons (Fsp3) is 0.316. The third-order valence-electron chi connectivity index (χ3n) is 4.91. The quantitative estimate of drug-likeness (QED) is 0.559. The number of nitrogens with zero attached hydrogens (tertiary/aromatic N) is 3. The van der Waals surface area contributed by atoms with E-state index in [9.17, 15) is 21.6 Å². The van der Waals surface area contributed by atoms with Crippen molar-refractivity contribution in [1.82, 2.24) is 9.46 Å². The summed E-state index contributed by atoms with van der Waals surface area (Å²) >= 11 is 0.941. The van der Waals surface area contributed by atoms with Crippen molar-refractivity contribution >= 4 is 27.0 Å². The number of alkyl halides is 3. The maximum atomic E-state index is 13.0. The second-order valence-corrected chi connectivity index (χ2v) is 9.90. The highest BCUT2D eigenvalue weighted by molar-refractivity contribution is 7.91. The summed E-state index contributed by atoms with van der Waals surface area (Å²) in [5, 5.41) is 4.86. The van der Waals surface area contributed by atoms with Crippen molar-refractivity contribution in [3.8, 4) is 17.0 Å². The first kappa shape index (κ1) is 21.7. The van der Waals surface area contributed by atoms with Gasteiger partial charge in [0, 0.05) is 54.9 Å². The standard InChI is InChI=1S/C19H18F3N3O4S2/c1-28-15-4-2-3-14(10-15)24-5-7-25(8-6-24)31(26,27)18-9-13(12-30-18)16-11-17(29-23-16)19(20,21)22/h2-4,9-12H,5-8H2,1H3. The minimum Gasteiger partial charge on any atom is -0.497 e. The molecule has 0 radical (unpaired) electrons. The van der Waals surface area contributed by atoms with Crippen LogP contribution in [0.4, 0.5) is 18.9 Å². The van der Waals surface area contributed by atoms with Crippen LogP contribution in [0.1, 0.15) is 5.76 Å². The highest BCUT2D eigenvalue weighted by atomic mass is 32.2. The topological polar surface area (TPSA) is 75.9 Å². The number of hydrogen-bond acceptors (Lipinski definition) is 7. The molecule has 0 saturated carbocycles. The monoisotopic (exact) mass is 473 g/mol. The van der Waals surface area contributed by atoms with Gasteiger partial charge in [-0.05, 0) is 18.2 Å². The predicted molar refractivity (Wildman–Crippen MR) is 109 cm³/mol. The second kappa shape index (κ2) is 8.17. The first-order chi connectivity index (χ1) is 14.7. The number of rotatable bonds is 5. The SMILES string of the molecule is COc1cccc(N2CCN(S(=O)(=O)c3cc(-c4cc(C(F)(F)F)on4)cs3)CC2)c1. The first-order valence-electron chi connectivity index (χ1n) is 9.20. The van der Waals surface area contributed by atoms with Gasteiger partial charge in [0.25, 0.3) is 10.0 Å². The van der Waals surface area contributed by atoms with Crippen molar-refractivity contribution in [2.24, 2.45) is 0 Å². The highest BCUT2D eigenvalue weighted by Gasteiger charge is 2.36. The number of thiophene rings is 1. The van der Waals surface area contributed by atoms with Gasteiger partial charge in [0.15, 0.2) is 0 Å². The van der Waals surface area contributed by atoms with E-state index in [2.05, 4.69) is 14.6 Å². The number of methoxy groups -OCH3 is 1. The zero-order valence-electron chi connectivity index (χ0n) is 16.3. The lowest BCUT2D eigenvalue weighted by atomic mass is 10.2. The van der Waals surface area contributed by atoms with Gasteiger partial charge in [0.1, 0.15) is 15.7 Å². The van der Waals surface area contributed by atoms with Crippen LogP contribution in [0.2, 0.25) is 0 Å². The molecular formula is C19H18F3N3O4S2. The molecule has 0 aliphatic carbocycles. The van der Waals surface area contributed by atoms with Gasteiger partial charge < -0.3 is 14.2 Å². The summed E-state index contributed by atoms with van der Waals surface area (Å²) in [5.41, 5.74) is 1.15. The van der Waals surface area contributed by atoms with Crippen LogP contribution in [0.3, 0.4) is 0 Å². The van der Waals surface area contributed by atoms with E-state index in [1.165, 1.54) is 15.8 Å². The number of piperazine rings is 1. The van der Waals surface area contributed by atoms with Gasteiger partial charge in [0.2, 0.25) is 5.76 Å². The molecule has 0 unspecified atom stereocenters. The van der Waals surface area contributed by atoms with Crippen molar-refractivity contribution in [2.75, 3.05) is 38.2 Å². The molecule has 0 N–H and O–H groups in total. The van der Waals surface area contributed by atoms with E-state index in [0.29, 0.717) is 13.1 Å². The normalized spacial score (nSPS) is 15.9. The number of benzene rings is 1. The van der Waals surface area contributed by atoms with Crippen molar-refractivity contribution in [3.63, 3.8) is 0 Å². The molecule has 3 aromatic rings. The van der Waals surface area contributed by atoms with Crippen molar-refractivity contribution in [2.45, 2.75) is 10.4 Å². The van der Waals surface area contributed by atoms with E-state index in [0.717, 1.165) is 28.8 Å². The predicted octanol–water partition coefficient (Wildman–Crippen LogP) is 3.94. The number of halogens is 3. The van der Waals surface area contributed by atoms with E-state index >= 15 is 0 Å². The summed E-state index contributed by atoms with van der Waals surface area (Å²) < 4.78 is 75.1. The van der Waals surface area contributed by atoms with Gasteiger partial charge >= 0.3 is 6.18 Å². The Hall–Kier alpha value is -2.57. The molecule has 7 nitrogen and oxygen atoms in total. The van der Waals surface area contributed by atoms with Gasteiger partial charge in [-0.1, -0.05) is 11.2 Å². The Morgan fingerprint density at radius 3 is 2.52 bits per heavy atom. The van der Waals surface area contributed by atoms with Gasteiger partial charge in [-0.15, -0.1) is 11.3 Å². The average molecular weight is 473 g/mol. The maximum Gasteiger partial charge on any atom is 0.452 e. The Morgan fingerprint density at radius 2 is 1.87 bits per heavy atom. The average Bonchev–Trinajstić information content (AvgIpc) is 3.43. The van der Waals surface area contributed by atoms with Gasteiger partial charge in [0.05, 0.1) is 7.11 Å². The van der Waals surface area contributed by atoms with Gasteiger partial charge in [-0.25, -0.2) is 8.42 Å². The Morgan fingerprint density at radius 1 is 1.13 bits per heavy atom. The summed E-state index contributed by atoms with van der Waals surface area (Å²) in [4.78, 5) is 2.07. The smallest absolute Gasteiger partial charge is 0.452 e. The van der Waals surface area contributed by atoms with Crippen molar-refractivity contribution in [1.29, 1.82) is 0 Å². The minimum atomic E-state index is -4.65. The molecule has 1 aliphatic heterocycles. The summed E-state index contributed by atoms with van der Waals surface area (Å²) in [6.45, 7) is 1.58. The van der Waals surface area contributed by atoms with Crippen LogP contribution in [-0.2, 0) is 16.2 Å². The molecule has 1 aliphatic rings. The highest BCUT2D eigenvalue weighted by Crippen LogP contribution is 2.35. The Labute approximate surface area is 180 Å². The molecule has 166 valence electrons. The fourth-order valence-electron chi connectivity index (χ4n) is 3.25. The van der Waals surface area contributed by atoms with Crippen molar-refractivity contribution < 1.29 is 30.8 Å². The van der Waals surface area contributed by atoms with Crippen LogP contribution in [-0.4, -0.2) is 51.2 Å². The van der Waals surface area contributed by atoms with Gasteiger partial charge in [-0.3, -0.25) is 0 Å². The largest absolute Gasteiger partial charge is 0.497 e. The maximum absolute atomic E-state index is 13.0. The van der Waals surface area contributed by atoms with E-state index in [4.69, 9.17) is 4.74 Å². The number of sulfonamides is 1. The molecule has 0 amide bonds. The molecule has 0 bridgehead atoms. The zero-order chi connectivity index (χ0) is 22.2. The van der Waals surface area contributed by atoms with Crippen LogP contribution in [0.15, 0.2) is 50.5 Å². The van der Waals surface area contributed by atoms with Crippen LogP contribution >= 0.6 is 11.3 Å². The Balaban J connectivity index is 1.47. The minimum absolute atomic E-state index is 0.0499. The summed E-state index contributed by atoms with van der Waals surface area (Å²) in [5.74, 6) is -0.507. The molecule has 3 heterocycles. The molecule has 1 fully saturated rings. The van der Waals surface area contributed by atoms with Crippen LogP contribution in [0, 0.1) is 0 Å². The lowest BCUT2D eigenvalue weighted by molar-refractivity contribution is -0.155. The molecule has 0 atom stereocenters. The lowest BCUT2D eigenvalue weighted by Crippen LogP contribution is -2.48. The third kappa shape index (κ3) is 4.41. The molecule has 2 aromatic heterocycles. The summed E-state index contributed by atoms with van der Waals surface area (Å²) in [6.07, 6.45) is -4.65. The molecule has 31 heavy (non-hydrogen) atoms. The second-order valence-electron chi connectivity index (χ2n) is 6.82. The first-order valence-corrected chi connectivity index (χ1v) is 11.5. The van der Waals surface area contributed by atoms with Crippen molar-refractivity contribution in [3.05, 3.63) is 47.5 Å². The van der Waals surface area contributed by atoms with E-state index in [1.807, 2.05) is 24.3 Å². The molecular weight excluding hydrogens is 455 g/mol. The number of ether oxygens (including phenoxy) is 1. The number of aromatic nitrogens is 1. The van der Waals surface area contributed by atoms with Crippen LogP contribution in [0.5, 0.6) is 5.75 Å². The molecule has 4 rings (SSSR count). The Kier molecular flexibility index (Phi) is 5.71. The van der Waals surface area contributed by atoms with E-state index in [1.54, 1.807) is 7.11 Å². The van der Waals surface area contributed by atoms with E-state index < -0.39 is 22.0 Å². The zero-order valence-corrected chi connectivity index (χ0v) is 17.9. The van der Waals surface area contributed by atoms with Crippen LogP contribution < -0.4 is 9.64 Å². The summed E-state index contributed by atoms with van der Waals surface area (Å²) in [7, 11) is -2.18. The van der Waals surface area contributed by atoms with Crippen LogP contribution in [0.25, 0.3) is 11.3 Å². The molecule has 12 heteroatoms. The van der Waals surface area contributed by atoms with Gasteiger partial charge in [-0.2, -0.15) is 17.5 Å². The fourth-order valence-corrected chi connectivity index (χ4v) is 6.00. The lowest BCUT2D eigenvalue weighted by Gasteiger charge is -2.35. The third-order valence-corrected chi connectivity index (χ3v) is 8.23. The summed E-state index contributed by atoms with van der Waals surface area (Å²) in [6, 6.07) is 9.62.